The maximum atomic E-state index is 6.21. The van der Waals surface area contributed by atoms with E-state index >= 15 is 0 Å². The number of benzene rings is 3. The van der Waals surface area contributed by atoms with E-state index in [4.69, 9.17) is 42.7 Å². The number of aromatic nitrogens is 1. The first-order chi connectivity index (χ1) is 20.5. The second kappa shape index (κ2) is 13.1. The second-order valence-corrected chi connectivity index (χ2v) is 13.1. The Hall–Kier alpha value is -3.06. The minimum atomic E-state index is 0.342. The van der Waals surface area contributed by atoms with Crippen molar-refractivity contribution in [2.45, 2.75) is 51.6 Å². The van der Waals surface area contributed by atoms with Gasteiger partial charge in [0.25, 0.3) is 0 Å². The Bertz CT molecular complexity index is 1540. The van der Waals surface area contributed by atoms with Gasteiger partial charge in [-0.2, -0.15) is 0 Å². The van der Waals surface area contributed by atoms with Crippen molar-refractivity contribution >= 4 is 52.1 Å². The molecule has 5 nitrogen and oxygen atoms in total. The fraction of sp³-hybridized carbons (Fsp3) is 0.353. The Balaban J connectivity index is 1.06. The van der Waals surface area contributed by atoms with Gasteiger partial charge in [-0.15, -0.1) is 11.3 Å². The molecule has 2 aliphatic rings. The van der Waals surface area contributed by atoms with Gasteiger partial charge in [-0.3, -0.25) is 4.99 Å². The highest BCUT2D eigenvalue weighted by Crippen LogP contribution is 2.46. The molecule has 6 rings (SSSR count). The van der Waals surface area contributed by atoms with Crippen molar-refractivity contribution in [3.8, 4) is 22.8 Å². The molecule has 1 aromatic heterocycles. The summed E-state index contributed by atoms with van der Waals surface area (Å²) >= 11 is 13.7. The van der Waals surface area contributed by atoms with Crippen molar-refractivity contribution in [2.75, 3.05) is 25.1 Å². The minimum absolute atomic E-state index is 0.342. The van der Waals surface area contributed by atoms with Crippen LogP contribution < -0.4 is 14.4 Å². The van der Waals surface area contributed by atoms with E-state index in [1.807, 2.05) is 35.9 Å². The molecule has 2 fully saturated rings. The van der Waals surface area contributed by atoms with Crippen LogP contribution in [-0.2, 0) is 6.61 Å². The lowest BCUT2D eigenvalue weighted by atomic mass is 9.68. The van der Waals surface area contributed by atoms with Crippen LogP contribution in [0, 0.1) is 5.41 Å². The summed E-state index contributed by atoms with van der Waals surface area (Å²) in [7, 11) is 1.76. The number of hydrogen-bond acceptors (Lipinski definition) is 6. The number of ether oxygens (including phenoxy) is 2. The van der Waals surface area contributed by atoms with Crippen LogP contribution in [0.15, 0.2) is 71.0 Å². The molecular formula is C34H35Cl2N3O2S. The van der Waals surface area contributed by atoms with Crippen molar-refractivity contribution in [3.05, 3.63) is 86.7 Å². The lowest BCUT2D eigenvalue weighted by Gasteiger charge is -2.45. The van der Waals surface area contributed by atoms with Crippen molar-refractivity contribution in [1.82, 2.24) is 4.98 Å². The van der Waals surface area contributed by atoms with Crippen molar-refractivity contribution < 1.29 is 9.47 Å². The van der Waals surface area contributed by atoms with Crippen LogP contribution >= 0.6 is 34.5 Å². The number of piperidine rings is 1. The van der Waals surface area contributed by atoms with Crippen LogP contribution in [0.5, 0.6) is 11.5 Å². The largest absolute Gasteiger partial charge is 0.495 e. The van der Waals surface area contributed by atoms with Gasteiger partial charge in [0.05, 0.1) is 29.2 Å². The first kappa shape index (κ1) is 29.0. The monoisotopic (exact) mass is 619 g/mol. The van der Waals surface area contributed by atoms with Crippen LogP contribution in [0.2, 0.25) is 10.0 Å². The molecule has 2 heterocycles. The Morgan fingerprint density at radius 1 is 0.929 bits per heavy atom. The molecule has 3 aromatic carbocycles. The number of methoxy groups -OCH3 is 1. The third-order valence-corrected chi connectivity index (χ3v) is 9.96. The maximum absolute atomic E-state index is 6.21. The normalized spacial score (nSPS) is 16.7. The SMILES string of the molecule is COc1cc(C=Nc2ccc(-c3csc(COc4ccc(Cl)cc4Cl)n3)cc2)ccc1N1CCC2(CCCCC2)CC1. The zero-order chi connectivity index (χ0) is 28.9. The van der Waals surface area contributed by atoms with Gasteiger partial charge in [0.15, 0.2) is 0 Å². The number of nitrogens with zero attached hydrogens (tertiary/aromatic N) is 3. The number of aliphatic imine (C=N–C) groups is 1. The highest BCUT2D eigenvalue weighted by molar-refractivity contribution is 7.09. The highest BCUT2D eigenvalue weighted by Gasteiger charge is 2.36. The van der Waals surface area contributed by atoms with Crippen LogP contribution in [0.3, 0.4) is 0 Å². The number of halogens is 2. The van der Waals surface area contributed by atoms with Crippen LogP contribution in [0.1, 0.15) is 55.5 Å². The molecule has 0 N–H and O–H groups in total. The van der Waals surface area contributed by atoms with E-state index in [1.54, 1.807) is 36.6 Å². The summed E-state index contributed by atoms with van der Waals surface area (Å²) in [6, 6.07) is 19.7. The fourth-order valence-electron chi connectivity index (χ4n) is 6.17. The summed E-state index contributed by atoms with van der Waals surface area (Å²) in [6.07, 6.45) is 11.5. The van der Waals surface area contributed by atoms with Crippen molar-refractivity contribution in [2.24, 2.45) is 10.4 Å². The van der Waals surface area contributed by atoms with Gasteiger partial charge in [-0.1, -0.05) is 60.7 Å². The zero-order valence-electron chi connectivity index (χ0n) is 23.8. The van der Waals surface area contributed by atoms with Crippen LogP contribution in [0.4, 0.5) is 11.4 Å². The van der Waals surface area contributed by atoms with Crippen molar-refractivity contribution in [1.29, 1.82) is 0 Å². The summed E-state index contributed by atoms with van der Waals surface area (Å²) in [5.41, 5.74) is 5.62. The Morgan fingerprint density at radius 3 is 2.45 bits per heavy atom. The molecule has 0 radical (unpaired) electrons. The number of anilines is 1. The lowest BCUT2D eigenvalue weighted by molar-refractivity contribution is 0.144. The average Bonchev–Trinajstić information content (AvgIpc) is 3.50. The minimum Gasteiger partial charge on any atom is -0.495 e. The molecule has 0 atom stereocenters. The average molecular weight is 621 g/mol. The van der Waals surface area contributed by atoms with Gasteiger partial charge in [-0.05, 0) is 79.1 Å². The van der Waals surface area contributed by atoms with Gasteiger partial charge in [0.2, 0.25) is 0 Å². The van der Waals surface area contributed by atoms with Gasteiger partial charge in [0.1, 0.15) is 23.1 Å². The van der Waals surface area contributed by atoms with Gasteiger partial charge >= 0.3 is 0 Å². The van der Waals surface area contributed by atoms with E-state index in [2.05, 4.69) is 23.1 Å². The topological polar surface area (TPSA) is 47.0 Å². The molecule has 1 aliphatic heterocycles. The molecule has 42 heavy (non-hydrogen) atoms. The third-order valence-electron chi connectivity index (χ3n) is 8.61. The third kappa shape index (κ3) is 6.77. The molecule has 0 bridgehead atoms. The summed E-state index contributed by atoms with van der Waals surface area (Å²) in [6.45, 7) is 2.57. The molecule has 4 aromatic rings. The van der Waals surface area contributed by atoms with E-state index in [0.29, 0.717) is 27.8 Å². The number of rotatable bonds is 8. The summed E-state index contributed by atoms with van der Waals surface area (Å²) in [4.78, 5) is 11.9. The summed E-state index contributed by atoms with van der Waals surface area (Å²) in [5.74, 6) is 1.50. The molecule has 1 saturated carbocycles. The van der Waals surface area contributed by atoms with E-state index < -0.39 is 0 Å². The molecule has 1 spiro atoms. The molecular weight excluding hydrogens is 585 g/mol. The Morgan fingerprint density at radius 2 is 1.71 bits per heavy atom. The molecule has 218 valence electrons. The van der Waals surface area contributed by atoms with E-state index in [-0.39, 0.29) is 0 Å². The summed E-state index contributed by atoms with van der Waals surface area (Å²) < 4.78 is 11.6. The molecule has 1 aliphatic carbocycles. The smallest absolute Gasteiger partial charge is 0.142 e. The predicted molar refractivity (Wildman–Crippen MR) is 176 cm³/mol. The standard InChI is InChI=1S/C34H35Cl2N3O2S/c1-40-32-19-24(5-11-30(32)39-17-15-34(16-18-39)13-3-2-4-14-34)21-37-27-9-6-25(7-10-27)29-23-42-33(38-29)22-41-31-12-8-26(35)20-28(31)36/h5-12,19-21,23H,2-4,13-18,22H2,1H3. The number of thiazole rings is 1. The van der Waals surface area contributed by atoms with Gasteiger partial charge in [-0.25, -0.2) is 4.98 Å². The van der Waals surface area contributed by atoms with E-state index in [9.17, 15) is 0 Å². The van der Waals surface area contributed by atoms with E-state index in [1.165, 1.54) is 50.6 Å². The van der Waals surface area contributed by atoms with Gasteiger partial charge < -0.3 is 14.4 Å². The van der Waals surface area contributed by atoms with Crippen LogP contribution in [-0.4, -0.2) is 31.4 Å². The summed E-state index contributed by atoms with van der Waals surface area (Å²) in [5, 5.41) is 3.97. The first-order valence-electron chi connectivity index (χ1n) is 14.6. The first-order valence-corrected chi connectivity index (χ1v) is 16.2. The maximum Gasteiger partial charge on any atom is 0.142 e. The Labute approximate surface area is 262 Å². The quantitative estimate of drug-likeness (QED) is 0.184. The molecule has 8 heteroatoms. The van der Waals surface area contributed by atoms with Crippen molar-refractivity contribution in [3.63, 3.8) is 0 Å². The molecule has 0 unspecified atom stereocenters. The zero-order valence-corrected chi connectivity index (χ0v) is 26.1. The van der Waals surface area contributed by atoms with E-state index in [0.717, 1.165) is 46.4 Å². The number of hydrogen-bond donors (Lipinski definition) is 0. The van der Waals surface area contributed by atoms with Gasteiger partial charge in [0, 0.05) is 35.3 Å². The second-order valence-electron chi connectivity index (χ2n) is 11.3. The predicted octanol–water partition coefficient (Wildman–Crippen LogP) is 10.0. The lowest BCUT2D eigenvalue weighted by Crippen LogP contribution is -2.41. The Kier molecular flexibility index (Phi) is 9.03. The highest BCUT2D eigenvalue weighted by atomic mass is 35.5. The van der Waals surface area contributed by atoms with Crippen LogP contribution in [0.25, 0.3) is 11.3 Å². The molecule has 0 amide bonds. The molecule has 1 saturated heterocycles. The fourth-order valence-corrected chi connectivity index (χ4v) is 7.35.